The zero-order valence-corrected chi connectivity index (χ0v) is 12.5. The van der Waals surface area contributed by atoms with Gasteiger partial charge in [-0.25, -0.2) is 4.79 Å². The molecule has 0 saturated heterocycles. The van der Waals surface area contributed by atoms with E-state index in [2.05, 4.69) is 5.32 Å². The first-order chi connectivity index (χ1) is 9.99. The number of rotatable bonds is 5. The fourth-order valence-corrected chi connectivity index (χ4v) is 2.83. The number of aromatic carboxylic acids is 1. The Morgan fingerprint density at radius 2 is 2.10 bits per heavy atom. The SMILES string of the molecule is COc1cccc(CC(=O)Nc2cc(C)c(C(=O)O)s2)c1. The van der Waals surface area contributed by atoms with Gasteiger partial charge in [-0.05, 0) is 36.2 Å². The van der Waals surface area contributed by atoms with E-state index in [1.807, 2.05) is 18.2 Å². The zero-order valence-electron chi connectivity index (χ0n) is 11.7. The normalized spacial score (nSPS) is 10.2. The Bertz CT molecular complexity index is 678. The van der Waals surface area contributed by atoms with Crippen molar-refractivity contribution in [1.29, 1.82) is 0 Å². The highest BCUT2D eigenvalue weighted by Gasteiger charge is 2.14. The van der Waals surface area contributed by atoms with Gasteiger partial charge in [0.05, 0.1) is 18.5 Å². The molecule has 0 bridgehead atoms. The fourth-order valence-electron chi connectivity index (χ4n) is 1.91. The first-order valence-corrected chi connectivity index (χ1v) is 7.07. The lowest BCUT2D eigenvalue weighted by Gasteiger charge is -2.05. The quantitative estimate of drug-likeness (QED) is 0.890. The van der Waals surface area contributed by atoms with Gasteiger partial charge in [-0.2, -0.15) is 0 Å². The number of carbonyl (C=O) groups excluding carboxylic acids is 1. The van der Waals surface area contributed by atoms with Gasteiger partial charge < -0.3 is 15.2 Å². The molecule has 0 saturated carbocycles. The number of anilines is 1. The lowest BCUT2D eigenvalue weighted by Crippen LogP contribution is -2.13. The van der Waals surface area contributed by atoms with Crippen molar-refractivity contribution in [3.05, 3.63) is 46.3 Å². The molecule has 1 aromatic carbocycles. The van der Waals surface area contributed by atoms with Crippen LogP contribution in [-0.4, -0.2) is 24.1 Å². The van der Waals surface area contributed by atoms with Crippen LogP contribution in [0.3, 0.4) is 0 Å². The highest BCUT2D eigenvalue weighted by atomic mass is 32.1. The predicted molar refractivity (Wildman–Crippen MR) is 81.3 cm³/mol. The summed E-state index contributed by atoms with van der Waals surface area (Å²) in [6, 6.07) is 8.92. The van der Waals surface area contributed by atoms with Crippen LogP contribution in [0.15, 0.2) is 30.3 Å². The third-order valence-electron chi connectivity index (χ3n) is 2.87. The number of hydrogen-bond donors (Lipinski definition) is 2. The molecule has 0 aliphatic heterocycles. The highest BCUT2D eigenvalue weighted by Crippen LogP contribution is 2.26. The van der Waals surface area contributed by atoms with E-state index in [9.17, 15) is 9.59 Å². The molecule has 21 heavy (non-hydrogen) atoms. The summed E-state index contributed by atoms with van der Waals surface area (Å²) in [7, 11) is 1.57. The van der Waals surface area contributed by atoms with Crippen LogP contribution in [0.25, 0.3) is 0 Å². The topological polar surface area (TPSA) is 75.6 Å². The van der Waals surface area contributed by atoms with Crippen LogP contribution >= 0.6 is 11.3 Å². The molecule has 0 radical (unpaired) electrons. The number of carboxylic acid groups (broad SMARTS) is 1. The largest absolute Gasteiger partial charge is 0.497 e. The average molecular weight is 305 g/mol. The van der Waals surface area contributed by atoms with Gasteiger partial charge >= 0.3 is 5.97 Å². The number of carbonyl (C=O) groups is 2. The van der Waals surface area contributed by atoms with Crippen LogP contribution in [0.1, 0.15) is 20.8 Å². The molecule has 0 aliphatic carbocycles. The van der Waals surface area contributed by atoms with Gasteiger partial charge in [0, 0.05) is 0 Å². The van der Waals surface area contributed by atoms with Crippen LogP contribution in [0.4, 0.5) is 5.00 Å². The van der Waals surface area contributed by atoms with Crippen molar-refractivity contribution in [2.75, 3.05) is 12.4 Å². The number of hydrogen-bond acceptors (Lipinski definition) is 4. The second-order valence-corrected chi connectivity index (χ2v) is 5.56. The van der Waals surface area contributed by atoms with E-state index in [-0.39, 0.29) is 17.2 Å². The molecule has 1 heterocycles. The van der Waals surface area contributed by atoms with E-state index in [4.69, 9.17) is 9.84 Å². The first kappa shape index (κ1) is 15.1. The molecule has 2 aromatic rings. The molecular formula is C15H15NO4S. The van der Waals surface area contributed by atoms with E-state index in [1.165, 1.54) is 0 Å². The van der Waals surface area contributed by atoms with E-state index in [0.717, 1.165) is 16.9 Å². The van der Waals surface area contributed by atoms with Crippen molar-refractivity contribution >= 4 is 28.2 Å². The molecule has 0 aliphatic rings. The summed E-state index contributed by atoms with van der Waals surface area (Å²) < 4.78 is 5.11. The Morgan fingerprint density at radius 3 is 2.71 bits per heavy atom. The Morgan fingerprint density at radius 1 is 1.33 bits per heavy atom. The summed E-state index contributed by atoms with van der Waals surface area (Å²) in [5.74, 6) is -0.479. The monoisotopic (exact) mass is 305 g/mol. The van der Waals surface area contributed by atoms with Crippen LogP contribution < -0.4 is 10.1 Å². The average Bonchev–Trinajstić information content (AvgIpc) is 2.79. The lowest BCUT2D eigenvalue weighted by molar-refractivity contribution is -0.115. The second-order valence-electron chi connectivity index (χ2n) is 4.50. The Hall–Kier alpha value is -2.34. The number of thiophene rings is 1. The molecule has 0 unspecified atom stereocenters. The number of aryl methyl sites for hydroxylation is 1. The third kappa shape index (κ3) is 3.82. The van der Waals surface area contributed by atoms with Crippen LogP contribution in [0, 0.1) is 6.92 Å². The smallest absolute Gasteiger partial charge is 0.346 e. The summed E-state index contributed by atoms with van der Waals surface area (Å²) in [6.07, 6.45) is 0.205. The number of benzene rings is 1. The van der Waals surface area contributed by atoms with Gasteiger partial charge in [-0.15, -0.1) is 11.3 Å². The van der Waals surface area contributed by atoms with Gasteiger partial charge in [0.15, 0.2) is 0 Å². The number of carboxylic acids is 1. The van der Waals surface area contributed by atoms with Crippen molar-refractivity contribution in [2.45, 2.75) is 13.3 Å². The molecule has 6 heteroatoms. The van der Waals surface area contributed by atoms with E-state index >= 15 is 0 Å². The molecule has 5 nitrogen and oxygen atoms in total. The van der Waals surface area contributed by atoms with Crippen LogP contribution in [-0.2, 0) is 11.2 Å². The number of amides is 1. The van der Waals surface area contributed by atoms with Gasteiger partial charge in [-0.1, -0.05) is 12.1 Å². The van der Waals surface area contributed by atoms with Gasteiger partial charge in [0.25, 0.3) is 0 Å². The number of ether oxygens (including phenoxy) is 1. The van der Waals surface area contributed by atoms with Crippen molar-refractivity contribution in [1.82, 2.24) is 0 Å². The molecular weight excluding hydrogens is 290 g/mol. The van der Waals surface area contributed by atoms with Crippen molar-refractivity contribution in [2.24, 2.45) is 0 Å². The van der Waals surface area contributed by atoms with Crippen molar-refractivity contribution < 1.29 is 19.4 Å². The van der Waals surface area contributed by atoms with Gasteiger partial charge in [0.1, 0.15) is 10.6 Å². The zero-order chi connectivity index (χ0) is 15.4. The summed E-state index contributed by atoms with van der Waals surface area (Å²) >= 11 is 1.06. The minimum atomic E-state index is -0.981. The third-order valence-corrected chi connectivity index (χ3v) is 4.01. The summed E-state index contributed by atoms with van der Waals surface area (Å²) in [6.45, 7) is 1.71. The van der Waals surface area contributed by atoms with Gasteiger partial charge in [0.2, 0.25) is 5.91 Å². The summed E-state index contributed by atoms with van der Waals surface area (Å²) in [5.41, 5.74) is 1.47. The molecule has 2 rings (SSSR count). The maximum Gasteiger partial charge on any atom is 0.346 e. The maximum atomic E-state index is 12.0. The molecule has 0 atom stereocenters. The maximum absolute atomic E-state index is 12.0. The Kier molecular flexibility index (Phi) is 4.59. The predicted octanol–water partition coefficient (Wildman–Crippen LogP) is 2.94. The fraction of sp³-hybridized carbons (Fsp3) is 0.200. The highest BCUT2D eigenvalue weighted by molar-refractivity contribution is 7.18. The van der Waals surface area contributed by atoms with E-state index in [0.29, 0.717) is 16.3 Å². The Labute approximate surface area is 126 Å². The lowest BCUT2D eigenvalue weighted by atomic mass is 10.1. The van der Waals surface area contributed by atoms with Crippen LogP contribution in [0.2, 0.25) is 0 Å². The standard InChI is InChI=1S/C15H15NO4S/c1-9-6-13(21-14(9)15(18)19)16-12(17)8-10-4-3-5-11(7-10)20-2/h3-7H,8H2,1-2H3,(H,16,17)(H,18,19). The summed E-state index contributed by atoms with van der Waals surface area (Å²) in [4.78, 5) is 23.2. The molecule has 0 fully saturated rings. The molecule has 0 spiro atoms. The van der Waals surface area contributed by atoms with Crippen molar-refractivity contribution in [3.63, 3.8) is 0 Å². The summed E-state index contributed by atoms with van der Waals surface area (Å²) in [5, 5.41) is 12.2. The molecule has 110 valence electrons. The molecule has 1 aromatic heterocycles. The number of nitrogens with one attached hydrogen (secondary N) is 1. The van der Waals surface area contributed by atoms with Crippen molar-refractivity contribution in [3.8, 4) is 5.75 Å². The minimum Gasteiger partial charge on any atom is -0.497 e. The minimum absolute atomic E-state index is 0.193. The van der Waals surface area contributed by atoms with Crippen LogP contribution in [0.5, 0.6) is 5.75 Å². The molecule has 1 amide bonds. The Balaban J connectivity index is 2.04. The first-order valence-electron chi connectivity index (χ1n) is 6.26. The second kappa shape index (κ2) is 6.41. The van der Waals surface area contributed by atoms with Gasteiger partial charge in [-0.3, -0.25) is 4.79 Å². The molecule has 2 N–H and O–H groups in total. The van der Waals surface area contributed by atoms with E-state index < -0.39 is 5.97 Å². The van der Waals surface area contributed by atoms with E-state index in [1.54, 1.807) is 26.2 Å². The number of methoxy groups -OCH3 is 1.